The summed E-state index contributed by atoms with van der Waals surface area (Å²) >= 11 is 0. The average Bonchev–Trinajstić information content (AvgIpc) is 2.83. The Bertz CT molecular complexity index is 516. The van der Waals surface area contributed by atoms with E-state index in [1.165, 1.54) is 0 Å². The summed E-state index contributed by atoms with van der Waals surface area (Å²) in [5, 5.41) is 3.37. The number of imidazole rings is 1. The topological polar surface area (TPSA) is 51.5 Å². The molecular weight excluding hydrogens is 216 g/mol. The summed E-state index contributed by atoms with van der Waals surface area (Å²) in [7, 11) is 1.65. The lowest BCUT2D eigenvalue weighted by atomic mass is 9.95. The van der Waals surface area contributed by atoms with Gasteiger partial charge in [0, 0.05) is 12.1 Å². The zero-order valence-corrected chi connectivity index (χ0v) is 9.89. The predicted molar refractivity (Wildman–Crippen MR) is 64.4 cm³/mol. The van der Waals surface area contributed by atoms with Crippen LogP contribution in [0.25, 0.3) is 5.65 Å². The van der Waals surface area contributed by atoms with Crippen molar-refractivity contribution >= 4 is 5.65 Å². The number of nitrogens with zero attached hydrogens (tertiary/aromatic N) is 3. The van der Waals surface area contributed by atoms with Gasteiger partial charge in [0.2, 0.25) is 5.88 Å². The van der Waals surface area contributed by atoms with E-state index >= 15 is 0 Å². The molecule has 0 aromatic carbocycles. The van der Waals surface area contributed by atoms with Gasteiger partial charge >= 0.3 is 0 Å². The Morgan fingerprint density at radius 2 is 2.18 bits per heavy atom. The van der Waals surface area contributed by atoms with E-state index < -0.39 is 0 Å². The van der Waals surface area contributed by atoms with Gasteiger partial charge in [0.25, 0.3) is 0 Å². The Labute approximate surface area is 99.8 Å². The Morgan fingerprint density at radius 3 is 2.94 bits per heavy atom. The van der Waals surface area contributed by atoms with E-state index in [0.29, 0.717) is 5.92 Å². The van der Waals surface area contributed by atoms with Crippen LogP contribution in [0, 0.1) is 0 Å². The van der Waals surface area contributed by atoms with Crippen LogP contribution in [0.4, 0.5) is 0 Å². The lowest BCUT2D eigenvalue weighted by Crippen LogP contribution is -2.26. The molecule has 3 rings (SSSR count). The minimum atomic E-state index is 0.556. The van der Waals surface area contributed by atoms with Crippen molar-refractivity contribution in [2.45, 2.75) is 18.8 Å². The molecular formula is C12H16N4O. The average molecular weight is 232 g/mol. The third-order valence-corrected chi connectivity index (χ3v) is 3.33. The Morgan fingerprint density at radius 1 is 1.35 bits per heavy atom. The molecule has 1 saturated heterocycles. The van der Waals surface area contributed by atoms with E-state index in [9.17, 15) is 0 Å². The fourth-order valence-electron chi connectivity index (χ4n) is 2.38. The highest BCUT2D eigenvalue weighted by molar-refractivity contribution is 5.41. The molecule has 1 aliphatic heterocycles. The van der Waals surface area contributed by atoms with Crippen LogP contribution in [0.1, 0.15) is 24.5 Å². The van der Waals surface area contributed by atoms with Crippen molar-refractivity contribution in [3.63, 3.8) is 0 Å². The Hall–Kier alpha value is -1.62. The van der Waals surface area contributed by atoms with E-state index in [2.05, 4.69) is 21.5 Å². The minimum Gasteiger partial charge on any atom is -0.481 e. The summed E-state index contributed by atoms with van der Waals surface area (Å²) < 4.78 is 7.24. The first kappa shape index (κ1) is 10.5. The molecule has 1 N–H and O–H groups in total. The smallest absolute Gasteiger partial charge is 0.218 e. The molecule has 0 radical (unpaired) electrons. The molecule has 2 aromatic heterocycles. The number of rotatable bonds is 2. The molecule has 2 aromatic rings. The maximum absolute atomic E-state index is 5.28. The van der Waals surface area contributed by atoms with Crippen molar-refractivity contribution < 1.29 is 4.74 Å². The first-order valence-corrected chi connectivity index (χ1v) is 5.96. The Kier molecular flexibility index (Phi) is 2.68. The zero-order chi connectivity index (χ0) is 11.7. The predicted octanol–water partition coefficient (Wildman–Crippen LogP) is 1.20. The van der Waals surface area contributed by atoms with Crippen LogP contribution in [0.3, 0.4) is 0 Å². The van der Waals surface area contributed by atoms with E-state index in [1.54, 1.807) is 19.5 Å². The van der Waals surface area contributed by atoms with E-state index in [1.807, 2.05) is 4.40 Å². The van der Waals surface area contributed by atoms with Gasteiger partial charge in [-0.25, -0.2) is 4.98 Å². The van der Waals surface area contributed by atoms with Crippen molar-refractivity contribution in [2.24, 2.45) is 0 Å². The highest BCUT2D eigenvalue weighted by Gasteiger charge is 2.18. The summed E-state index contributed by atoms with van der Waals surface area (Å²) in [4.78, 5) is 8.76. The highest BCUT2D eigenvalue weighted by atomic mass is 16.5. The standard InChI is InChI=1S/C12H16N4O/c1-17-12-7-14-6-11-15-10(8-16(11)12)9-2-4-13-5-3-9/h6-9,13H,2-5H2,1H3. The highest BCUT2D eigenvalue weighted by Crippen LogP contribution is 2.25. The van der Waals surface area contributed by atoms with E-state index in [-0.39, 0.29) is 0 Å². The third kappa shape index (κ3) is 1.86. The first-order chi connectivity index (χ1) is 8.38. The zero-order valence-electron chi connectivity index (χ0n) is 9.89. The number of piperidine rings is 1. The van der Waals surface area contributed by atoms with Gasteiger partial charge in [-0.1, -0.05) is 0 Å². The summed E-state index contributed by atoms with van der Waals surface area (Å²) in [5.41, 5.74) is 2.01. The van der Waals surface area contributed by atoms with Crippen molar-refractivity contribution in [1.29, 1.82) is 0 Å². The molecule has 5 nitrogen and oxygen atoms in total. The molecule has 5 heteroatoms. The van der Waals surface area contributed by atoms with Gasteiger partial charge < -0.3 is 10.1 Å². The molecule has 1 aliphatic rings. The van der Waals surface area contributed by atoms with Gasteiger partial charge in [0.05, 0.1) is 25.2 Å². The summed E-state index contributed by atoms with van der Waals surface area (Å²) in [6.45, 7) is 2.15. The number of fused-ring (bicyclic) bond motifs is 1. The van der Waals surface area contributed by atoms with Crippen LogP contribution in [-0.4, -0.2) is 34.6 Å². The SMILES string of the molecule is COc1cncc2nc(C3CCNCC3)cn12. The van der Waals surface area contributed by atoms with Crippen LogP contribution >= 0.6 is 0 Å². The molecule has 0 spiro atoms. The van der Waals surface area contributed by atoms with Crippen molar-refractivity contribution in [1.82, 2.24) is 19.7 Å². The fraction of sp³-hybridized carbons (Fsp3) is 0.500. The fourth-order valence-corrected chi connectivity index (χ4v) is 2.38. The van der Waals surface area contributed by atoms with Gasteiger partial charge in [-0.3, -0.25) is 9.38 Å². The van der Waals surface area contributed by atoms with E-state index in [0.717, 1.165) is 43.2 Å². The van der Waals surface area contributed by atoms with Crippen LogP contribution in [-0.2, 0) is 0 Å². The molecule has 3 heterocycles. The largest absolute Gasteiger partial charge is 0.481 e. The summed E-state index contributed by atoms with van der Waals surface area (Å²) in [6.07, 6.45) is 7.86. The Balaban J connectivity index is 2.00. The quantitative estimate of drug-likeness (QED) is 0.845. The van der Waals surface area contributed by atoms with Crippen LogP contribution in [0.15, 0.2) is 18.6 Å². The van der Waals surface area contributed by atoms with Gasteiger partial charge in [-0.2, -0.15) is 0 Å². The van der Waals surface area contributed by atoms with Crippen LogP contribution in [0.2, 0.25) is 0 Å². The molecule has 0 aliphatic carbocycles. The molecule has 0 atom stereocenters. The van der Waals surface area contributed by atoms with Crippen molar-refractivity contribution in [2.75, 3.05) is 20.2 Å². The van der Waals surface area contributed by atoms with Crippen molar-refractivity contribution in [3.05, 3.63) is 24.3 Å². The number of ether oxygens (including phenoxy) is 1. The summed E-state index contributed by atoms with van der Waals surface area (Å²) in [5.74, 6) is 1.29. The van der Waals surface area contributed by atoms with Crippen LogP contribution in [0.5, 0.6) is 5.88 Å². The number of nitrogens with one attached hydrogen (secondary N) is 1. The van der Waals surface area contributed by atoms with Gasteiger partial charge in [0.15, 0.2) is 5.65 Å². The minimum absolute atomic E-state index is 0.556. The summed E-state index contributed by atoms with van der Waals surface area (Å²) in [6, 6.07) is 0. The number of hydrogen-bond donors (Lipinski definition) is 1. The number of aromatic nitrogens is 3. The molecule has 1 fully saturated rings. The lowest BCUT2D eigenvalue weighted by molar-refractivity contribution is 0.390. The van der Waals surface area contributed by atoms with Gasteiger partial charge in [-0.05, 0) is 25.9 Å². The normalized spacial score (nSPS) is 17.5. The maximum Gasteiger partial charge on any atom is 0.218 e. The molecule has 0 bridgehead atoms. The van der Waals surface area contributed by atoms with Crippen molar-refractivity contribution in [3.8, 4) is 5.88 Å². The lowest BCUT2D eigenvalue weighted by Gasteiger charge is -2.20. The second-order valence-electron chi connectivity index (χ2n) is 4.37. The monoisotopic (exact) mass is 232 g/mol. The molecule has 17 heavy (non-hydrogen) atoms. The molecule has 90 valence electrons. The number of hydrogen-bond acceptors (Lipinski definition) is 4. The molecule has 0 unspecified atom stereocenters. The molecule has 0 saturated carbocycles. The van der Waals surface area contributed by atoms with Gasteiger partial charge in [0.1, 0.15) is 0 Å². The second-order valence-corrected chi connectivity index (χ2v) is 4.37. The van der Waals surface area contributed by atoms with E-state index in [4.69, 9.17) is 4.74 Å². The third-order valence-electron chi connectivity index (χ3n) is 3.33. The first-order valence-electron chi connectivity index (χ1n) is 5.96. The molecule has 0 amide bonds. The van der Waals surface area contributed by atoms with Gasteiger partial charge in [-0.15, -0.1) is 0 Å². The maximum atomic E-state index is 5.28. The van der Waals surface area contributed by atoms with Crippen LogP contribution < -0.4 is 10.1 Å². The number of methoxy groups -OCH3 is 1. The second kappa shape index (κ2) is 4.33.